The van der Waals surface area contributed by atoms with E-state index in [1.165, 1.54) is 5.56 Å². The Morgan fingerprint density at radius 2 is 1.91 bits per heavy atom. The zero-order valence-electron chi connectivity index (χ0n) is 19.6. The summed E-state index contributed by atoms with van der Waals surface area (Å²) in [5, 5.41) is 9.83. The van der Waals surface area contributed by atoms with Gasteiger partial charge in [0.15, 0.2) is 0 Å². The summed E-state index contributed by atoms with van der Waals surface area (Å²) in [5.74, 6) is 1.44. The van der Waals surface area contributed by atoms with E-state index in [0.29, 0.717) is 12.4 Å². The lowest BCUT2D eigenvalue weighted by Crippen LogP contribution is -2.35. The number of ether oxygens (including phenoxy) is 1. The minimum atomic E-state index is -0.213. The summed E-state index contributed by atoms with van der Waals surface area (Å²) in [7, 11) is 0. The quantitative estimate of drug-likeness (QED) is 0.606. The van der Waals surface area contributed by atoms with Crippen molar-refractivity contribution in [2.24, 2.45) is 5.73 Å². The predicted octanol–water partition coefficient (Wildman–Crippen LogP) is 3.42. The first kappa shape index (κ1) is 22.8. The van der Waals surface area contributed by atoms with E-state index in [2.05, 4.69) is 47.8 Å². The molecule has 0 saturated heterocycles. The van der Waals surface area contributed by atoms with E-state index in [9.17, 15) is 5.11 Å². The van der Waals surface area contributed by atoms with Crippen LogP contribution in [0.25, 0.3) is 11.3 Å². The summed E-state index contributed by atoms with van der Waals surface area (Å²) in [4.78, 5) is 11.2. The van der Waals surface area contributed by atoms with Gasteiger partial charge in [-0.05, 0) is 61.6 Å². The first-order valence-electron chi connectivity index (χ1n) is 11.9. The minimum absolute atomic E-state index is 0.0937. The first-order chi connectivity index (χ1) is 15.4. The molecular formula is C25H37N5O2. The molecule has 1 aromatic heterocycles. The van der Waals surface area contributed by atoms with Crippen molar-refractivity contribution in [3.63, 3.8) is 0 Å². The zero-order valence-corrected chi connectivity index (χ0v) is 19.6. The average Bonchev–Trinajstić information content (AvgIpc) is 2.74. The van der Waals surface area contributed by atoms with E-state index in [0.717, 1.165) is 73.3 Å². The van der Waals surface area contributed by atoms with Crippen LogP contribution < -0.4 is 21.1 Å². The van der Waals surface area contributed by atoms with Crippen LogP contribution in [0, 0.1) is 0 Å². The molecule has 0 unspecified atom stereocenters. The Kier molecular flexibility index (Phi) is 6.58. The molecule has 2 aromatic rings. The van der Waals surface area contributed by atoms with E-state index >= 15 is 0 Å². The first-order valence-corrected chi connectivity index (χ1v) is 11.9. The molecule has 0 radical (unpaired) electrons. The molecule has 0 bridgehead atoms. The molecule has 2 aliphatic rings. The third kappa shape index (κ3) is 4.28. The molecule has 0 spiro atoms. The van der Waals surface area contributed by atoms with Crippen LogP contribution in [-0.2, 0) is 11.8 Å². The number of rotatable bonds is 7. The van der Waals surface area contributed by atoms with Crippen LogP contribution in [-0.4, -0.2) is 46.9 Å². The fraction of sp³-hybridized carbons (Fsp3) is 0.600. The monoisotopic (exact) mass is 439 g/mol. The van der Waals surface area contributed by atoms with E-state index in [1.54, 1.807) is 6.33 Å². The van der Waals surface area contributed by atoms with Gasteiger partial charge in [0.05, 0.1) is 24.1 Å². The van der Waals surface area contributed by atoms with Gasteiger partial charge >= 0.3 is 0 Å². The second kappa shape index (κ2) is 9.24. The van der Waals surface area contributed by atoms with Crippen molar-refractivity contribution < 1.29 is 9.84 Å². The number of aliphatic hydroxyl groups excluding tert-OH is 1. The standard InChI is InChI=1S/C25H37N5O2/c1-4-11-30(12-13-31)23-19-14-25(2,3)21-22(28-15-29-24(21)27)18(19)9-10-20(23)32-17-7-5-16(26)6-8-17/h9-10,15-17,31H,4-8,11-14,26H2,1-3H3,(H2,27,28,29). The number of nitrogen functional groups attached to an aromatic ring is 1. The van der Waals surface area contributed by atoms with Gasteiger partial charge in [-0.25, -0.2) is 9.97 Å². The number of hydrogen-bond acceptors (Lipinski definition) is 7. The van der Waals surface area contributed by atoms with Gasteiger partial charge in [0.25, 0.3) is 0 Å². The number of hydrogen-bond donors (Lipinski definition) is 3. The molecule has 1 aromatic carbocycles. The normalized spacial score (nSPS) is 21.5. The highest BCUT2D eigenvalue weighted by Crippen LogP contribution is 2.49. The molecule has 7 heteroatoms. The van der Waals surface area contributed by atoms with Crippen LogP contribution >= 0.6 is 0 Å². The SMILES string of the molecule is CCCN(CCO)c1c(OC2CCC(N)CC2)ccc2c1CC(C)(C)c1c(N)ncnc1-2. The van der Waals surface area contributed by atoms with Crippen LogP contribution in [0.2, 0.25) is 0 Å². The lowest BCUT2D eigenvalue weighted by molar-refractivity contribution is 0.147. The van der Waals surface area contributed by atoms with Gasteiger partial charge in [-0.1, -0.05) is 20.8 Å². The van der Waals surface area contributed by atoms with Gasteiger partial charge in [0.2, 0.25) is 0 Å². The molecule has 0 aliphatic heterocycles. The number of aromatic nitrogens is 2. The van der Waals surface area contributed by atoms with Crippen molar-refractivity contribution in [3.05, 3.63) is 29.6 Å². The molecule has 174 valence electrons. The van der Waals surface area contributed by atoms with Gasteiger partial charge in [0.1, 0.15) is 17.9 Å². The minimum Gasteiger partial charge on any atom is -0.488 e. The van der Waals surface area contributed by atoms with Crippen molar-refractivity contribution in [1.29, 1.82) is 0 Å². The van der Waals surface area contributed by atoms with E-state index < -0.39 is 0 Å². The lowest BCUT2D eigenvalue weighted by Gasteiger charge is -2.38. The van der Waals surface area contributed by atoms with Crippen LogP contribution in [0.3, 0.4) is 0 Å². The van der Waals surface area contributed by atoms with Crippen molar-refractivity contribution in [2.45, 2.75) is 76.9 Å². The molecular weight excluding hydrogens is 402 g/mol. The summed E-state index contributed by atoms with van der Waals surface area (Å²) in [6.45, 7) is 8.07. The second-order valence-electron chi connectivity index (χ2n) is 9.85. The fourth-order valence-corrected chi connectivity index (χ4v) is 5.37. The molecule has 1 saturated carbocycles. The second-order valence-corrected chi connectivity index (χ2v) is 9.85. The number of nitrogens with zero attached hydrogens (tertiary/aromatic N) is 3. The molecule has 1 heterocycles. The highest BCUT2D eigenvalue weighted by Gasteiger charge is 2.37. The Bertz CT molecular complexity index is 948. The Morgan fingerprint density at radius 3 is 2.59 bits per heavy atom. The Morgan fingerprint density at radius 1 is 1.16 bits per heavy atom. The molecule has 32 heavy (non-hydrogen) atoms. The number of fused-ring (bicyclic) bond motifs is 3. The third-order valence-electron chi connectivity index (χ3n) is 6.87. The van der Waals surface area contributed by atoms with Crippen molar-refractivity contribution in [2.75, 3.05) is 30.3 Å². The Hall–Kier alpha value is -2.38. The highest BCUT2D eigenvalue weighted by atomic mass is 16.5. The van der Waals surface area contributed by atoms with Gasteiger partial charge in [-0.3, -0.25) is 0 Å². The summed E-state index contributed by atoms with van der Waals surface area (Å²) < 4.78 is 6.62. The molecule has 5 N–H and O–H groups in total. The van der Waals surface area contributed by atoms with Gasteiger partial charge < -0.3 is 26.2 Å². The van der Waals surface area contributed by atoms with Crippen LogP contribution in [0.4, 0.5) is 11.5 Å². The molecule has 2 aliphatic carbocycles. The summed E-state index contributed by atoms with van der Waals surface area (Å²) in [5.41, 5.74) is 17.5. The maximum atomic E-state index is 9.83. The number of aliphatic hydroxyl groups is 1. The average molecular weight is 440 g/mol. The third-order valence-corrected chi connectivity index (χ3v) is 6.87. The summed E-state index contributed by atoms with van der Waals surface area (Å²) in [6, 6.07) is 4.47. The van der Waals surface area contributed by atoms with Crippen molar-refractivity contribution in [3.8, 4) is 17.0 Å². The topological polar surface area (TPSA) is 111 Å². The Labute approximate surface area is 191 Å². The van der Waals surface area contributed by atoms with Crippen molar-refractivity contribution >= 4 is 11.5 Å². The van der Waals surface area contributed by atoms with Gasteiger partial charge in [0, 0.05) is 30.3 Å². The number of nitrogens with two attached hydrogens (primary N) is 2. The van der Waals surface area contributed by atoms with Gasteiger partial charge in [-0.15, -0.1) is 0 Å². The molecule has 0 amide bonds. The van der Waals surface area contributed by atoms with E-state index in [1.807, 2.05) is 0 Å². The van der Waals surface area contributed by atoms with Crippen LogP contribution in [0.15, 0.2) is 18.5 Å². The number of anilines is 2. The summed E-state index contributed by atoms with van der Waals surface area (Å²) in [6.07, 6.45) is 7.45. The molecule has 1 fully saturated rings. The zero-order chi connectivity index (χ0) is 22.9. The van der Waals surface area contributed by atoms with E-state index in [-0.39, 0.29) is 24.2 Å². The number of benzene rings is 1. The lowest BCUT2D eigenvalue weighted by atomic mass is 9.71. The molecule has 7 nitrogen and oxygen atoms in total. The predicted molar refractivity (Wildman–Crippen MR) is 129 cm³/mol. The fourth-order valence-electron chi connectivity index (χ4n) is 5.37. The molecule has 4 rings (SSSR count). The largest absolute Gasteiger partial charge is 0.488 e. The van der Waals surface area contributed by atoms with E-state index in [4.69, 9.17) is 16.2 Å². The summed E-state index contributed by atoms with van der Waals surface area (Å²) >= 11 is 0. The Balaban J connectivity index is 1.85. The van der Waals surface area contributed by atoms with Crippen LogP contribution in [0.5, 0.6) is 5.75 Å². The molecule has 0 atom stereocenters. The highest BCUT2D eigenvalue weighted by molar-refractivity contribution is 5.83. The van der Waals surface area contributed by atoms with Crippen molar-refractivity contribution in [1.82, 2.24) is 9.97 Å². The smallest absolute Gasteiger partial charge is 0.143 e. The maximum absolute atomic E-state index is 9.83. The van der Waals surface area contributed by atoms with Crippen LogP contribution in [0.1, 0.15) is 64.0 Å². The van der Waals surface area contributed by atoms with Gasteiger partial charge in [-0.2, -0.15) is 0 Å². The maximum Gasteiger partial charge on any atom is 0.143 e.